The van der Waals surface area contributed by atoms with Crippen molar-refractivity contribution in [3.05, 3.63) is 12.2 Å². The fourth-order valence-electron chi connectivity index (χ4n) is 2.96. The van der Waals surface area contributed by atoms with Crippen molar-refractivity contribution in [1.82, 2.24) is 0 Å². The summed E-state index contributed by atoms with van der Waals surface area (Å²) in [5.41, 5.74) is 0. The van der Waals surface area contributed by atoms with Crippen LogP contribution in [0.15, 0.2) is 12.2 Å². The lowest BCUT2D eigenvalue weighted by Gasteiger charge is -2.23. The Morgan fingerprint density at radius 3 is 2.46 bits per heavy atom. The van der Waals surface area contributed by atoms with Crippen LogP contribution in [0.1, 0.15) is 64.7 Å². The maximum absolute atomic E-state index is 9.82. The van der Waals surface area contributed by atoms with Gasteiger partial charge in [0.2, 0.25) is 0 Å². The Labute approximate surface area is 146 Å². The molecule has 24 heavy (non-hydrogen) atoms. The van der Waals surface area contributed by atoms with Gasteiger partial charge in [-0.15, -0.1) is 0 Å². The second kappa shape index (κ2) is 13.8. The quantitative estimate of drug-likeness (QED) is 0.333. The molecule has 0 amide bonds. The van der Waals surface area contributed by atoms with E-state index in [0.717, 1.165) is 19.3 Å². The SMILES string of the molecule is CCCCCCCC/C=C/CCCO[C@@H]1[C@H]([C@@H](O)CO)OC[C@H]1O. The second-order valence-electron chi connectivity index (χ2n) is 6.62. The second-order valence-corrected chi connectivity index (χ2v) is 6.62. The number of rotatable bonds is 14. The third-order valence-corrected chi connectivity index (χ3v) is 4.45. The first-order valence-corrected chi connectivity index (χ1v) is 9.55. The van der Waals surface area contributed by atoms with Crippen LogP contribution in [0.2, 0.25) is 0 Å². The molecule has 0 aromatic heterocycles. The lowest BCUT2D eigenvalue weighted by atomic mass is 10.1. The normalized spacial score (nSPS) is 25.6. The molecule has 1 fully saturated rings. The lowest BCUT2D eigenvalue weighted by Crippen LogP contribution is -2.42. The Balaban J connectivity index is 2.01. The molecule has 1 heterocycles. The van der Waals surface area contributed by atoms with E-state index in [9.17, 15) is 10.2 Å². The van der Waals surface area contributed by atoms with Crippen LogP contribution in [-0.4, -0.2) is 59.6 Å². The number of hydrogen-bond acceptors (Lipinski definition) is 5. The van der Waals surface area contributed by atoms with E-state index in [2.05, 4.69) is 19.1 Å². The van der Waals surface area contributed by atoms with Gasteiger partial charge in [-0.05, 0) is 25.7 Å². The van der Waals surface area contributed by atoms with Crippen molar-refractivity contribution in [3.63, 3.8) is 0 Å². The van der Waals surface area contributed by atoms with E-state index in [4.69, 9.17) is 14.6 Å². The molecule has 1 rings (SSSR count). The van der Waals surface area contributed by atoms with Gasteiger partial charge in [0.05, 0.1) is 13.2 Å². The first kappa shape index (κ1) is 21.6. The topological polar surface area (TPSA) is 79.2 Å². The highest BCUT2D eigenvalue weighted by atomic mass is 16.6. The number of hydrogen-bond donors (Lipinski definition) is 3. The van der Waals surface area contributed by atoms with Crippen LogP contribution in [0.4, 0.5) is 0 Å². The summed E-state index contributed by atoms with van der Waals surface area (Å²) in [6, 6.07) is 0. The number of aliphatic hydroxyl groups is 3. The van der Waals surface area contributed by atoms with Crippen LogP contribution in [0.25, 0.3) is 0 Å². The summed E-state index contributed by atoms with van der Waals surface area (Å²) in [6.07, 6.45) is 12.4. The molecular weight excluding hydrogens is 308 g/mol. The van der Waals surface area contributed by atoms with Crippen molar-refractivity contribution in [3.8, 4) is 0 Å². The molecule has 3 N–H and O–H groups in total. The van der Waals surface area contributed by atoms with Gasteiger partial charge in [0, 0.05) is 6.61 Å². The lowest BCUT2D eigenvalue weighted by molar-refractivity contribution is -0.0935. The summed E-state index contributed by atoms with van der Waals surface area (Å²) < 4.78 is 10.9. The Hall–Kier alpha value is -0.460. The zero-order chi connectivity index (χ0) is 17.6. The standard InChI is InChI=1S/C19H36O5/c1-2-3-4-5-6-7-8-9-10-11-12-13-23-19-17(22)15-24-18(19)16(21)14-20/h9-10,16-22H,2-8,11-15H2,1H3/b10-9+/t16-,17+,18-,19-/m0/s1. The Kier molecular flexibility index (Phi) is 12.4. The molecule has 4 atom stereocenters. The van der Waals surface area contributed by atoms with E-state index >= 15 is 0 Å². The summed E-state index contributed by atoms with van der Waals surface area (Å²) in [6.45, 7) is 2.51. The Morgan fingerprint density at radius 1 is 1.08 bits per heavy atom. The van der Waals surface area contributed by atoms with Gasteiger partial charge in [0.25, 0.3) is 0 Å². The van der Waals surface area contributed by atoms with Gasteiger partial charge in [-0.3, -0.25) is 0 Å². The van der Waals surface area contributed by atoms with E-state index in [-0.39, 0.29) is 6.61 Å². The number of ether oxygens (including phenoxy) is 2. The Morgan fingerprint density at radius 2 is 1.75 bits per heavy atom. The van der Waals surface area contributed by atoms with Gasteiger partial charge in [0.1, 0.15) is 24.4 Å². The molecule has 0 bridgehead atoms. The van der Waals surface area contributed by atoms with Gasteiger partial charge in [0.15, 0.2) is 0 Å². The maximum Gasteiger partial charge on any atom is 0.114 e. The van der Waals surface area contributed by atoms with Crippen molar-refractivity contribution in [2.24, 2.45) is 0 Å². The van der Waals surface area contributed by atoms with E-state index < -0.39 is 31.0 Å². The third-order valence-electron chi connectivity index (χ3n) is 4.45. The highest BCUT2D eigenvalue weighted by molar-refractivity contribution is 4.89. The summed E-state index contributed by atoms with van der Waals surface area (Å²) in [5, 5.41) is 28.5. The minimum atomic E-state index is -1.01. The predicted molar refractivity (Wildman–Crippen MR) is 94.9 cm³/mol. The molecule has 0 saturated carbocycles. The third kappa shape index (κ3) is 8.58. The molecule has 5 nitrogen and oxygen atoms in total. The molecule has 0 aliphatic carbocycles. The van der Waals surface area contributed by atoms with Gasteiger partial charge in [-0.25, -0.2) is 0 Å². The average Bonchev–Trinajstić information content (AvgIpc) is 2.96. The maximum atomic E-state index is 9.82. The largest absolute Gasteiger partial charge is 0.394 e. The average molecular weight is 344 g/mol. The van der Waals surface area contributed by atoms with Crippen LogP contribution in [0.3, 0.4) is 0 Å². The van der Waals surface area contributed by atoms with Crippen molar-refractivity contribution >= 4 is 0 Å². The molecule has 0 aromatic carbocycles. The van der Waals surface area contributed by atoms with Crippen molar-refractivity contribution in [2.45, 2.75) is 89.1 Å². The monoisotopic (exact) mass is 344 g/mol. The van der Waals surface area contributed by atoms with Crippen LogP contribution in [0, 0.1) is 0 Å². The summed E-state index contributed by atoms with van der Waals surface area (Å²) >= 11 is 0. The van der Waals surface area contributed by atoms with Gasteiger partial charge >= 0.3 is 0 Å². The molecule has 1 aliphatic heterocycles. The molecule has 142 valence electrons. The van der Waals surface area contributed by atoms with Crippen LogP contribution >= 0.6 is 0 Å². The fraction of sp³-hybridized carbons (Fsp3) is 0.895. The molecule has 1 saturated heterocycles. The molecule has 0 unspecified atom stereocenters. The summed E-state index contributed by atoms with van der Waals surface area (Å²) in [7, 11) is 0. The fourth-order valence-corrected chi connectivity index (χ4v) is 2.96. The number of unbranched alkanes of at least 4 members (excludes halogenated alkanes) is 7. The molecular formula is C19H36O5. The number of aliphatic hydroxyl groups excluding tert-OH is 3. The molecule has 1 aliphatic rings. The van der Waals surface area contributed by atoms with Crippen LogP contribution < -0.4 is 0 Å². The zero-order valence-corrected chi connectivity index (χ0v) is 15.1. The predicted octanol–water partition coefficient (Wildman–Crippen LogP) is 2.57. The minimum absolute atomic E-state index is 0.143. The van der Waals surface area contributed by atoms with Crippen molar-refractivity contribution < 1.29 is 24.8 Å². The van der Waals surface area contributed by atoms with Gasteiger partial charge < -0.3 is 24.8 Å². The summed E-state index contributed by atoms with van der Waals surface area (Å²) in [4.78, 5) is 0. The highest BCUT2D eigenvalue weighted by Crippen LogP contribution is 2.21. The Bertz CT molecular complexity index is 321. The van der Waals surface area contributed by atoms with Crippen molar-refractivity contribution in [2.75, 3.05) is 19.8 Å². The molecule has 0 spiro atoms. The number of allylic oxidation sites excluding steroid dienone is 2. The zero-order valence-electron chi connectivity index (χ0n) is 15.1. The first-order valence-electron chi connectivity index (χ1n) is 9.55. The van der Waals surface area contributed by atoms with E-state index in [1.165, 1.54) is 38.5 Å². The van der Waals surface area contributed by atoms with E-state index in [1.807, 2.05) is 0 Å². The highest BCUT2D eigenvalue weighted by Gasteiger charge is 2.40. The minimum Gasteiger partial charge on any atom is -0.394 e. The van der Waals surface area contributed by atoms with Crippen LogP contribution in [-0.2, 0) is 9.47 Å². The smallest absolute Gasteiger partial charge is 0.114 e. The van der Waals surface area contributed by atoms with E-state index in [0.29, 0.717) is 6.61 Å². The van der Waals surface area contributed by atoms with Crippen LogP contribution in [0.5, 0.6) is 0 Å². The van der Waals surface area contributed by atoms with E-state index in [1.54, 1.807) is 0 Å². The van der Waals surface area contributed by atoms with Crippen molar-refractivity contribution in [1.29, 1.82) is 0 Å². The molecule has 5 heteroatoms. The molecule has 0 radical (unpaired) electrons. The molecule has 0 aromatic rings. The van der Waals surface area contributed by atoms with Gasteiger partial charge in [-0.2, -0.15) is 0 Å². The summed E-state index contributed by atoms with van der Waals surface area (Å²) in [5.74, 6) is 0. The van der Waals surface area contributed by atoms with Gasteiger partial charge in [-0.1, -0.05) is 51.2 Å². The first-order chi connectivity index (χ1) is 11.7.